The number of rotatable bonds is 6. The van der Waals surface area contributed by atoms with Crippen LogP contribution in [0.15, 0.2) is 22.7 Å². The molecule has 106 valence electrons. The molecule has 1 aromatic rings. The van der Waals surface area contributed by atoms with Crippen LogP contribution in [-0.2, 0) is 0 Å². The molecule has 4 heteroatoms. The van der Waals surface area contributed by atoms with Gasteiger partial charge >= 0.3 is 0 Å². The first-order valence-electron chi connectivity index (χ1n) is 6.84. The number of benzene rings is 1. The van der Waals surface area contributed by atoms with Crippen LogP contribution in [0.2, 0.25) is 0 Å². The largest absolute Gasteiger partial charge is 0.496 e. The number of nitrogens with zero attached hydrogens (tertiary/aromatic N) is 1. The average molecular weight is 327 g/mol. The van der Waals surface area contributed by atoms with Gasteiger partial charge in [0, 0.05) is 22.6 Å². The van der Waals surface area contributed by atoms with Gasteiger partial charge < -0.3 is 10.5 Å². The molecule has 3 nitrogen and oxygen atoms in total. The molecule has 1 fully saturated rings. The second kappa shape index (κ2) is 6.25. The van der Waals surface area contributed by atoms with Gasteiger partial charge in [-0.25, -0.2) is 0 Å². The molecule has 0 bridgehead atoms. The molecule has 0 heterocycles. The van der Waals surface area contributed by atoms with E-state index >= 15 is 0 Å². The van der Waals surface area contributed by atoms with Gasteiger partial charge in [-0.2, -0.15) is 0 Å². The van der Waals surface area contributed by atoms with Gasteiger partial charge in [-0.3, -0.25) is 4.90 Å². The quantitative estimate of drug-likeness (QED) is 0.872. The van der Waals surface area contributed by atoms with E-state index in [1.807, 2.05) is 12.1 Å². The molecule has 2 atom stereocenters. The van der Waals surface area contributed by atoms with Crippen molar-refractivity contribution in [2.75, 3.05) is 20.7 Å². The lowest BCUT2D eigenvalue weighted by atomic mass is 10.0. The minimum absolute atomic E-state index is 0.197. The van der Waals surface area contributed by atoms with E-state index in [9.17, 15) is 0 Å². The fraction of sp³-hybridized carbons (Fsp3) is 0.600. The van der Waals surface area contributed by atoms with Gasteiger partial charge in [-0.1, -0.05) is 15.9 Å². The second-order valence-corrected chi connectivity index (χ2v) is 6.30. The molecule has 2 unspecified atom stereocenters. The molecule has 0 saturated heterocycles. The van der Waals surface area contributed by atoms with E-state index in [0.29, 0.717) is 12.6 Å². The zero-order valence-corrected chi connectivity index (χ0v) is 13.5. The first-order valence-corrected chi connectivity index (χ1v) is 7.63. The van der Waals surface area contributed by atoms with E-state index in [2.05, 4.69) is 40.9 Å². The van der Waals surface area contributed by atoms with Gasteiger partial charge in [0.15, 0.2) is 0 Å². The number of ether oxygens (including phenoxy) is 1. The predicted octanol–water partition coefficient (Wildman–Crippen LogP) is 3.19. The van der Waals surface area contributed by atoms with Crippen LogP contribution >= 0.6 is 15.9 Å². The molecule has 0 amide bonds. The summed E-state index contributed by atoms with van der Waals surface area (Å²) in [6.45, 7) is 2.89. The smallest absolute Gasteiger partial charge is 0.123 e. The highest BCUT2D eigenvalue weighted by Gasteiger charge is 2.34. The maximum atomic E-state index is 6.03. The van der Waals surface area contributed by atoms with Gasteiger partial charge in [0.05, 0.1) is 13.2 Å². The van der Waals surface area contributed by atoms with Crippen molar-refractivity contribution in [1.82, 2.24) is 4.90 Å². The minimum atomic E-state index is 0.197. The maximum Gasteiger partial charge on any atom is 0.123 e. The number of likely N-dealkylation sites (N-methyl/N-ethyl adjacent to an activating group) is 1. The highest BCUT2D eigenvalue weighted by atomic mass is 79.9. The molecule has 2 N–H and O–H groups in total. The molecular weight excluding hydrogens is 304 g/mol. The third-order valence-corrected chi connectivity index (χ3v) is 4.71. The molecule has 1 aliphatic rings. The second-order valence-electron chi connectivity index (χ2n) is 5.38. The van der Waals surface area contributed by atoms with Crippen molar-refractivity contribution in [3.63, 3.8) is 0 Å². The normalized spacial score (nSPS) is 18.4. The van der Waals surface area contributed by atoms with Crippen LogP contribution in [0.25, 0.3) is 0 Å². The summed E-state index contributed by atoms with van der Waals surface area (Å²) in [7, 11) is 3.88. The molecule has 0 aliphatic heterocycles. The molecule has 0 spiro atoms. The Labute approximate surface area is 124 Å². The summed E-state index contributed by atoms with van der Waals surface area (Å²) in [6, 6.07) is 6.88. The number of halogens is 1. The summed E-state index contributed by atoms with van der Waals surface area (Å²) in [4.78, 5) is 2.39. The van der Waals surface area contributed by atoms with Crippen LogP contribution in [0.3, 0.4) is 0 Å². The zero-order chi connectivity index (χ0) is 14.0. The average Bonchev–Trinajstić information content (AvgIpc) is 3.23. The lowest BCUT2D eigenvalue weighted by Crippen LogP contribution is -2.38. The van der Waals surface area contributed by atoms with Crippen molar-refractivity contribution in [3.05, 3.63) is 28.2 Å². The predicted molar refractivity (Wildman–Crippen MR) is 82.4 cm³/mol. The van der Waals surface area contributed by atoms with E-state index in [1.54, 1.807) is 7.11 Å². The van der Waals surface area contributed by atoms with E-state index in [1.165, 1.54) is 12.8 Å². The molecule has 2 rings (SSSR count). The van der Waals surface area contributed by atoms with Gasteiger partial charge in [0.25, 0.3) is 0 Å². The molecular formula is C15H23BrN2O. The Balaban J connectivity index is 2.27. The fourth-order valence-electron chi connectivity index (χ4n) is 2.67. The molecule has 1 saturated carbocycles. The first kappa shape index (κ1) is 14.8. The molecule has 1 aliphatic carbocycles. The SMILES string of the molecule is COc1ccc(Br)cc1C(CN)N(C)C(C)C1CC1. The van der Waals surface area contributed by atoms with E-state index in [4.69, 9.17) is 10.5 Å². The van der Waals surface area contributed by atoms with Crippen LogP contribution in [0.1, 0.15) is 31.4 Å². The number of nitrogens with two attached hydrogens (primary N) is 1. The zero-order valence-electron chi connectivity index (χ0n) is 11.9. The van der Waals surface area contributed by atoms with Crippen LogP contribution in [-0.4, -0.2) is 31.6 Å². The summed E-state index contributed by atoms with van der Waals surface area (Å²) in [5, 5.41) is 0. The van der Waals surface area contributed by atoms with Gasteiger partial charge in [0.1, 0.15) is 5.75 Å². The molecule has 1 aromatic carbocycles. The highest BCUT2D eigenvalue weighted by molar-refractivity contribution is 9.10. The monoisotopic (exact) mass is 326 g/mol. The highest BCUT2D eigenvalue weighted by Crippen LogP contribution is 2.39. The van der Waals surface area contributed by atoms with Crippen molar-refractivity contribution < 1.29 is 4.74 Å². The summed E-state index contributed by atoms with van der Waals surface area (Å²) in [5.74, 6) is 1.74. The maximum absolute atomic E-state index is 6.03. The van der Waals surface area contributed by atoms with E-state index < -0.39 is 0 Å². The third kappa shape index (κ3) is 3.30. The Kier molecular flexibility index (Phi) is 4.87. The lowest BCUT2D eigenvalue weighted by molar-refractivity contribution is 0.168. The van der Waals surface area contributed by atoms with Crippen molar-refractivity contribution in [3.8, 4) is 5.75 Å². The van der Waals surface area contributed by atoms with Crippen LogP contribution in [0.5, 0.6) is 5.75 Å². The first-order chi connectivity index (χ1) is 9.08. The van der Waals surface area contributed by atoms with Crippen LogP contribution in [0.4, 0.5) is 0 Å². The summed E-state index contributed by atoms with van der Waals surface area (Å²) >= 11 is 3.54. The van der Waals surface area contributed by atoms with E-state index in [-0.39, 0.29) is 6.04 Å². The van der Waals surface area contributed by atoms with Crippen LogP contribution in [0, 0.1) is 5.92 Å². The minimum Gasteiger partial charge on any atom is -0.496 e. The van der Waals surface area contributed by atoms with Crippen molar-refractivity contribution in [2.45, 2.75) is 31.8 Å². The van der Waals surface area contributed by atoms with Gasteiger partial charge in [-0.05, 0) is 50.9 Å². The van der Waals surface area contributed by atoms with Gasteiger partial charge in [-0.15, -0.1) is 0 Å². The Morgan fingerprint density at radius 2 is 2.16 bits per heavy atom. The Morgan fingerprint density at radius 1 is 1.47 bits per heavy atom. The Hall–Kier alpha value is -0.580. The van der Waals surface area contributed by atoms with Crippen LogP contribution < -0.4 is 10.5 Å². The molecule has 0 radical (unpaired) electrons. The number of hydrogen-bond acceptors (Lipinski definition) is 3. The van der Waals surface area contributed by atoms with Gasteiger partial charge in [0.2, 0.25) is 0 Å². The molecule has 0 aromatic heterocycles. The molecule has 19 heavy (non-hydrogen) atoms. The third-order valence-electron chi connectivity index (χ3n) is 4.21. The fourth-order valence-corrected chi connectivity index (χ4v) is 3.05. The van der Waals surface area contributed by atoms with Crippen molar-refractivity contribution in [1.29, 1.82) is 0 Å². The Morgan fingerprint density at radius 3 is 2.68 bits per heavy atom. The number of hydrogen-bond donors (Lipinski definition) is 1. The van der Waals surface area contributed by atoms with Crippen molar-refractivity contribution >= 4 is 15.9 Å². The number of methoxy groups -OCH3 is 1. The summed E-state index contributed by atoms with van der Waals surface area (Å²) in [6.07, 6.45) is 2.69. The van der Waals surface area contributed by atoms with E-state index in [0.717, 1.165) is 21.7 Å². The summed E-state index contributed by atoms with van der Waals surface area (Å²) < 4.78 is 6.55. The topological polar surface area (TPSA) is 38.5 Å². The summed E-state index contributed by atoms with van der Waals surface area (Å²) in [5.41, 5.74) is 7.19. The Bertz CT molecular complexity index is 434. The van der Waals surface area contributed by atoms with Crippen molar-refractivity contribution in [2.24, 2.45) is 11.7 Å². The lowest BCUT2D eigenvalue weighted by Gasteiger charge is -2.33. The standard InChI is InChI=1S/C15H23BrN2O/c1-10(11-4-5-11)18(2)14(9-17)13-8-12(16)6-7-15(13)19-3/h6-8,10-11,14H,4-5,9,17H2,1-3H3.